The summed E-state index contributed by atoms with van der Waals surface area (Å²) < 4.78 is 5.89. The lowest BCUT2D eigenvalue weighted by molar-refractivity contribution is -0.148. The molecule has 5 nitrogen and oxygen atoms in total. The first kappa shape index (κ1) is 12.0. The fourth-order valence-corrected chi connectivity index (χ4v) is 2.91. The summed E-state index contributed by atoms with van der Waals surface area (Å²) in [5.41, 5.74) is 0. The molecule has 5 heteroatoms. The van der Waals surface area contributed by atoms with Crippen LogP contribution in [0.25, 0.3) is 0 Å². The van der Waals surface area contributed by atoms with Crippen molar-refractivity contribution in [2.75, 3.05) is 13.1 Å². The zero-order chi connectivity index (χ0) is 12.7. The van der Waals surface area contributed by atoms with E-state index in [1.54, 1.807) is 0 Å². The first-order chi connectivity index (χ1) is 8.63. The molecule has 0 bridgehead atoms. The number of carbonyl (C=O) groups excluding carboxylic acids is 2. The van der Waals surface area contributed by atoms with E-state index in [4.69, 9.17) is 4.74 Å². The van der Waals surface area contributed by atoms with Crippen molar-refractivity contribution in [2.45, 2.75) is 50.9 Å². The van der Waals surface area contributed by atoms with Gasteiger partial charge in [0.15, 0.2) is 0 Å². The second kappa shape index (κ2) is 4.53. The molecule has 2 saturated heterocycles. The van der Waals surface area contributed by atoms with Crippen molar-refractivity contribution in [3.05, 3.63) is 0 Å². The highest BCUT2D eigenvalue weighted by Gasteiger charge is 2.40. The van der Waals surface area contributed by atoms with Gasteiger partial charge in [0.25, 0.3) is 0 Å². The molecular formula is C13H20N2O3. The number of morpholine rings is 1. The van der Waals surface area contributed by atoms with E-state index in [1.807, 2.05) is 11.8 Å². The van der Waals surface area contributed by atoms with Crippen molar-refractivity contribution in [1.82, 2.24) is 10.2 Å². The fourth-order valence-electron chi connectivity index (χ4n) is 2.91. The van der Waals surface area contributed by atoms with Gasteiger partial charge in [0.05, 0.1) is 12.2 Å². The summed E-state index contributed by atoms with van der Waals surface area (Å²) in [6.45, 7) is 3.36. The van der Waals surface area contributed by atoms with E-state index in [1.165, 1.54) is 12.8 Å². The predicted octanol–water partition coefficient (Wildman–Crippen LogP) is 0.291. The van der Waals surface area contributed by atoms with Gasteiger partial charge in [-0.3, -0.25) is 9.59 Å². The van der Waals surface area contributed by atoms with Gasteiger partial charge in [-0.1, -0.05) is 0 Å². The molecule has 1 saturated carbocycles. The number of hydrogen-bond acceptors (Lipinski definition) is 3. The van der Waals surface area contributed by atoms with Crippen molar-refractivity contribution >= 4 is 11.8 Å². The van der Waals surface area contributed by atoms with Gasteiger partial charge in [-0.05, 0) is 32.1 Å². The quantitative estimate of drug-likeness (QED) is 0.768. The van der Waals surface area contributed by atoms with Gasteiger partial charge >= 0.3 is 0 Å². The van der Waals surface area contributed by atoms with Crippen LogP contribution in [0.15, 0.2) is 0 Å². The number of ether oxygens (including phenoxy) is 1. The number of hydrogen-bond donors (Lipinski definition) is 1. The van der Waals surface area contributed by atoms with Crippen LogP contribution in [0.3, 0.4) is 0 Å². The molecule has 1 aliphatic carbocycles. The highest BCUT2D eigenvalue weighted by Crippen LogP contribution is 2.36. The molecule has 0 aromatic rings. The Hall–Kier alpha value is -1.10. The Morgan fingerprint density at radius 2 is 2.11 bits per heavy atom. The van der Waals surface area contributed by atoms with Crippen molar-refractivity contribution in [3.63, 3.8) is 0 Å². The normalized spacial score (nSPS) is 36.6. The molecular weight excluding hydrogens is 232 g/mol. The van der Waals surface area contributed by atoms with Gasteiger partial charge in [0.2, 0.25) is 11.8 Å². The predicted molar refractivity (Wildman–Crippen MR) is 64.8 cm³/mol. The zero-order valence-electron chi connectivity index (χ0n) is 10.7. The Morgan fingerprint density at radius 1 is 1.33 bits per heavy atom. The highest BCUT2D eigenvalue weighted by molar-refractivity contribution is 5.90. The van der Waals surface area contributed by atoms with Crippen molar-refractivity contribution < 1.29 is 14.3 Å². The Kier molecular flexibility index (Phi) is 3.01. The topological polar surface area (TPSA) is 58.6 Å². The second-order valence-electron chi connectivity index (χ2n) is 5.72. The summed E-state index contributed by atoms with van der Waals surface area (Å²) in [7, 11) is 0. The minimum atomic E-state index is -0.303. The molecule has 0 radical (unpaired) electrons. The molecule has 2 heterocycles. The van der Waals surface area contributed by atoms with Crippen LogP contribution in [-0.2, 0) is 14.3 Å². The monoisotopic (exact) mass is 252 g/mol. The third kappa shape index (κ3) is 2.36. The van der Waals surface area contributed by atoms with Crippen LogP contribution >= 0.6 is 0 Å². The van der Waals surface area contributed by atoms with E-state index in [0.29, 0.717) is 31.8 Å². The van der Waals surface area contributed by atoms with Crippen LogP contribution in [0, 0.1) is 5.92 Å². The molecule has 3 rings (SSSR count). The summed E-state index contributed by atoms with van der Waals surface area (Å²) in [4.78, 5) is 25.4. The summed E-state index contributed by atoms with van der Waals surface area (Å²) in [6, 6.07) is -0.303. The molecule has 2 amide bonds. The third-order valence-electron chi connectivity index (χ3n) is 4.04. The molecule has 0 spiro atoms. The molecule has 1 N–H and O–H groups in total. The highest BCUT2D eigenvalue weighted by atomic mass is 16.5. The molecule has 100 valence electrons. The van der Waals surface area contributed by atoms with E-state index in [9.17, 15) is 9.59 Å². The van der Waals surface area contributed by atoms with E-state index < -0.39 is 0 Å². The third-order valence-corrected chi connectivity index (χ3v) is 4.04. The molecule has 0 aromatic carbocycles. The Balaban J connectivity index is 1.63. The van der Waals surface area contributed by atoms with Crippen molar-refractivity contribution in [1.29, 1.82) is 0 Å². The van der Waals surface area contributed by atoms with Crippen LogP contribution < -0.4 is 5.32 Å². The summed E-state index contributed by atoms with van der Waals surface area (Å²) in [5, 5.41) is 2.75. The minimum absolute atomic E-state index is 0.00611. The van der Waals surface area contributed by atoms with Gasteiger partial charge in [-0.25, -0.2) is 0 Å². The summed E-state index contributed by atoms with van der Waals surface area (Å²) in [5.74, 6) is 0.705. The van der Waals surface area contributed by atoms with E-state index in [0.717, 1.165) is 0 Å². The average Bonchev–Trinajstić information content (AvgIpc) is 3.10. The molecule has 0 aromatic heterocycles. The number of amides is 2. The Labute approximate surface area is 107 Å². The van der Waals surface area contributed by atoms with Crippen molar-refractivity contribution in [2.24, 2.45) is 5.92 Å². The minimum Gasteiger partial charge on any atom is -0.371 e. The number of rotatable bonds is 2. The largest absolute Gasteiger partial charge is 0.371 e. The Morgan fingerprint density at radius 3 is 2.72 bits per heavy atom. The second-order valence-corrected chi connectivity index (χ2v) is 5.72. The first-order valence-electron chi connectivity index (χ1n) is 6.87. The van der Waals surface area contributed by atoms with E-state index in [-0.39, 0.29) is 30.1 Å². The summed E-state index contributed by atoms with van der Waals surface area (Å²) in [6.07, 6.45) is 3.86. The first-order valence-corrected chi connectivity index (χ1v) is 6.87. The molecule has 3 aliphatic rings. The number of carbonyl (C=O) groups is 2. The number of nitrogens with zero attached hydrogens (tertiary/aromatic N) is 1. The van der Waals surface area contributed by atoms with Gasteiger partial charge in [-0.15, -0.1) is 0 Å². The molecule has 2 aliphatic heterocycles. The summed E-state index contributed by atoms with van der Waals surface area (Å²) >= 11 is 0. The van der Waals surface area contributed by atoms with E-state index >= 15 is 0 Å². The molecule has 18 heavy (non-hydrogen) atoms. The van der Waals surface area contributed by atoms with E-state index in [2.05, 4.69) is 5.32 Å². The van der Waals surface area contributed by atoms with Crippen LogP contribution in [-0.4, -0.2) is 48.1 Å². The van der Waals surface area contributed by atoms with Gasteiger partial charge < -0.3 is 15.0 Å². The van der Waals surface area contributed by atoms with Gasteiger partial charge in [-0.2, -0.15) is 0 Å². The maximum absolute atomic E-state index is 12.3. The molecule has 3 atom stereocenters. The van der Waals surface area contributed by atoms with Gasteiger partial charge in [0.1, 0.15) is 6.04 Å². The maximum Gasteiger partial charge on any atom is 0.245 e. The van der Waals surface area contributed by atoms with Crippen LogP contribution in [0.5, 0.6) is 0 Å². The smallest absolute Gasteiger partial charge is 0.245 e. The SMILES string of the molecule is CC1CN(C(=O)[C@H]2CCC(=O)N2)CC(C2CC2)O1. The lowest BCUT2D eigenvalue weighted by atomic mass is 10.1. The lowest BCUT2D eigenvalue weighted by Gasteiger charge is -2.38. The Bertz CT molecular complexity index is 367. The fraction of sp³-hybridized carbons (Fsp3) is 0.846. The standard InChI is InChI=1S/C13H20N2O3/c1-8-6-15(7-11(18-8)9-2-3-9)13(17)10-4-5-12(16)14-10/h8-11H,2-7H2,1H3,(H,14,16)/t8?,10-,11?/m1/s1. The van der Waals surface area contributed by atoms with Crippen LogP contribution in [0.1, 0.15) is 32.6 Å². The van der Waals surface area contributed by atoms with Crippen LogP contribution in [0.4, 0.5) is 0 Å². The van der Waals surface area contributed by atoms with Crippen LogP contribution in [0.2, 0.25) is 0 Å². The lowest BCUT2D eigenvalue weighted by Crippen LogP contribution is -2.54. The molecule has 2 unspecified atom stereocenters. The average molecular weight is 252 g/mol. The zero-order valence-corrected chi connectivity index (χ0v) is 10.7. The maximum atomic E-state index is 12.3. The van der Waals surface area contributed by atoms with Crippen molar-refractivity contribution in [3.8, 4) is 0 Å². The molecule has 3 fully saturated rings. The van der Waals surface area contributed by atoms with Gasteiger partial charge in [0, 0.05) is 19.5 Å². The number of nitrogens with one attached hydrogen (secondary N) is 1.